The van der Waals surface area contributed by atoms with Crippen molar-refractivity contribution in [1.29, 1.82) is 5.26 Å². The van der Waals surface area contributed by atoms with Crippen LogP contribution in [0.25, 0.3) is 0 Å². The molecule has 0 aromatic heterocycles. The lowest BCUT2D eigenvalue weighted by atomic mass is 10.1. The van der Waals surface area contributed by atoms with Crippen molar-refractivity contribution in [3.63, 3.8) is 0 Å². The van der Waals surface area contributed by atoms with Crippen molar-refractivity contribution in [2.75, 3.05) is 11.9 Å². The minimum absolute atomic E-state index is 0.135. The highest BCUT2D eigenvalue weighted by molar-refractivity contribution is 5.77. The van der Waals surface area contributed by atoms with Gasteiger partial charge in [0.1, 0.15) is 6.07 Å². The molecule has 22 heavy (non-hydrogen) atoms. The Bertz CT molecular complexity index is 697. The molecule has 112 valence electrons. The molecule has 0 spiro atoms. The first-order chi connectivity index (χ1) is 10.6. The van der Waals surface area contributed by atoms with Gasteiger partial charge in [0, 0.05) is 11.4 Å². The average Bonchev–Trinajstić information content (AvgIpc) is 2.50. The smallest absolute Gasteiger partial charge is 0.311 e. The molecular weight excluding hydrogens is 276 g/mol. The highest BCUT2D eigenvalue weighted by Crippen LogP contribution is 2.26. The van der Waals surface area contributed by atoms with Crippen LogP contribution in [-0.4, -0.2) is 12.6 Å². The molecule has 0 amide bonds. The molecule has 0 heterocycles. The molecule has 0 radical (unpaired) electrons. The van der Waals surface area contributed by atoms with Crippen molar-refractivity contribution < 1.29 is 9.53 Å². The van der Waals surface area contributed by atoms with E-state index in [-0.39, 0.29) is 13.0 Å². The maximum Gasteiger partial charge on any atom is 0.311 e. The van der Waals surface area contributed by atoms with Crippen molar-refractivity contribution in [1.82, 2.24) is 0 Å². The number of anilines is 2. The lowest BCUT2D eigenvalue weighted by Gasteiger charge is -2.15. The van der Waals surface area contributed by atoms with Crippen LogP contribution in [-0.2, 0) is 16.0 Å². The van der Waals surface area contributed by atoms with Gasteiger partial charge in [-0.2, -0.15) is 5.26 Å². The number of hydrogen-bond donors (Lipinski definition) is 1. The Morgan fingerprint density at radius 1 is 1.14 bits per heavy atom. The molecule has 4 nitrogen and oxygen atoms in total. The second kappa shape index (κ2) is 7.28. The number of ether oxygens (including phenoxy) is 1. The number of benzene rings is 2. The van der Waals surface area contributed by atoms with E-state index in [2.05, 4.69) is 5.32 Å². The fourth-order valence-electron chi connectivity index (χ4n) is 2.26. The summed E-state index contributed by atoms with van der Waals surface area (Å²) >= 11 is 0. The molecule has 0 unspecified atom stereocenters. The Morgan fingerprint density at radius 2 is 1.82 bits per heavy atom. The van der Waals surface area contributed by atoms with E-state index >= 15 is 0 Å². The molecule has 0 saturated carbocycles. The van der Waals surface area contributed by atoms with E-state index in [0.717, 1.165) is 28.1 Å². The number of nitriles is 1. The zero-order valence-electron chi connectivity index (χ0n) is 12.7. The number of aryl methyl sites for hydroxylation is 2. The van der Waals surface area contributed by atoms with E-state index in [0.29, 0.717) is 0 Å². The highest BCUT2D eigenvalue weighted by Gasteiger charge is 2.10. The molecule has 2 rings (SSSR count). The first-order valence-electron chi connectivity index (χ1n) is 7.05. The minimum Gasteiger partial charge on any atom is -0.450 e. The van der Waals surface area contributed by atoms with Gasteiger partial charge in [-0.25, -0.2) is 0 Å². The minimum atomic E-state index is -0.405. The van der Waals surface area contributed by atoms with Gasteiger partial charge >= 0.3 is 5.97 Å². The van der Waals surface area contributed by atoms with Crippen LogP contribution in [0.4, 0.5) is 11.4 Å². The average molecular weight is 294 g/mol. The number of carbonyl (C=O) groups excluding carboxylic acids is 1. The predicted molar refractivity (Wildman–Crippen MR) is 85.9 cm³/mol. The summed E-state index contributed by atoms with van der Waals surface area (Å²) < 4.78 is 4.82. The van der Waals surface area contributed by atoms with E-state index in [4.69, 9.17) is 10.00 Å². The molecule has 0 aliphatic rings. The standard InChI is InChI=1S/C18H18N2O2/c1-13-6-5-7-14(2)18(13)20-16-9-4-3-8-15(16)12-17(21)22-11-10-19/h3-9,20H,11-12H2,1-2H3. The zero-order chi connectivity index (χ0) is 15.9. The molecule has 0 aliphatic heterocycles. The predicted octanol–water partition coefficient (Wildman–Crippen LogP) is 3.66. The van der Waals surface area contributed by atoms with Crippen molar-refractivity contribution in [2.45, 2.75) is 20.3 Å². The number of nitrogens with zero attached hydrogens (tertiary/aromatic N) is 1. The molecule has 0 bridgehead atoms. The van der Waals surface area contributed by atoms with Crippen molar-refractivity contribution in [3.05, 3.63) is 59.2 Å². The summed E-state index contributed by atoms with van der Waals surface area (Å²) in [7, 11) is 0. The molecule has 2 aromatic carbocycles. The molecule has 0 fully saturated rings. The lowest BCUT2D eigenvalue weighted by molar-refractivity contribution is -0.141. The third kappa shape index (κ3) is 3.86. The summed E-state index contributed by atoms with van der Waals surface area (Å²) in [4.78, 5) is 11.7. The summed E-state index contributed by atoms with van der Waals surface area (Å²) in [5, 5.41) is 11.8. The van der Waals surface area contributed by atoms with Gasteiger partial charge in [-0.3, -0.25) is 4.79 Å². The third-order valence-electron chi connectivity index (χ3n) is 3.39. The van der Waals surface area contributed by atoms with Gasteiger partial charge in [-0.1, -0.05) is 36.4 Å². The van der Waals surface area contributed by atoms with Crippen LogP contribution in [0.2, 0.25) is 0 Å². The molecular formula is C18H18N2O2. The molecule has 0 atom stereocenters. The summed E-state index contributed by atoms with van der Waals surface area (Å²) in [5.74, 6) is -0.405. The van der Waals surface area contributed by atoms with Gasteiger partial charge < -0.3 is 10.1 Å². The maximum absolute atomic E-state index is 11.7. The van der Waals surface area contributed by atoms with Crippen LogP contribution in [0.1, 0.15) is 16.7 Å². The molecule has 0 aliphatic carbocycles. The number of esters is 1. The van der Waals surface area contributed by atoms with Crippen molar-refractivity contribution >= 4 is 17.3 Å². The molecule has 1 N–H and O–H groups in total. The zero-order valence-corrected chi connectivity index (χ0v) is 12.7. The van der Waals surface area contributed by atoms with E-state index in [9.17, 15) is 4.79 Å². The first-order valence-corrected chi connectivity index (χ1v) is 7.05. The second-order valence-electron chi connectivity index (χ2n) is 5.04. The maximum atomic E-state index is 11.7. The number of carbonyl (C=O) groups is 1. The van der Waals surface area contributed by atoms with E-state index < -0.39 is 5.97 Å². The van der Waals surface area contributed by atoms with Crippen molar-refractivity contribution in [2.24, 2.45) is 0 Å². The Morgan fingerprint density at radius 3 is 2.50 bits per heavy atom. The normalized spacial score (nSPS) is 9.86. The topological polar surface area (TPSA) is 62.1 Å². The van der Waals surface area contributed by atoms with E-state index in [1.54, 1.807) is 6.07 Å². The van der Waals surface area contributed by atoms with Crippen LogP contribution in [0, 0.1) is 25.2 Å². The second-order valence-corrected chi connectivity index (χ2v) is 5.04. The Hall–Kier alpha value is -2.80. The van der Waals surface area contributed by atoms with Crippen LogP contribution < -0.4 is 5.32 Å². The number of nitrogens with one attached hydrogen (secondary N) is 1. The number of rotatable bonds is 5. The fourth-order valence-corrected chi connectivity index (χ4v) is 2.26. The Labute approximate surface area is 130 Å². The summed E-state index contributed by atoms with van der Waals surface area (Å²) in [6.45, 7) is 3.86. The largest absolute Gasteiger partial charge is 0.450 e. The van der Waals surface area contributed by atoms with Crippen LogP contribution >= 0.6 is 0 Å². The van der Waals surface area contributed by atoms with Gasteiger partial charge in [-0.15, -0.1) is 0 Å². The van der Waals surface area contributed by atoms with Crippen LogP contribution in [0.15, 0.2) is 42.5 Å². The summed E-state index contributed by atoms with van der Waals surface area (Å²) in [6.07, 6.45) is 0.135. The van der Waals surface area contributed by atoms with E-state index in [1.807, 2.05) is 56.3 Å². The van der Waals surface area contributed by atoms with Crippen LogP contribution in [0.5, 0.6) is 0 Å². The number of para-hydroxylation sites is 2. The first kappa shape index (κ1) is 15.6. The SMILES string of the molecule is Cc1cccc(C)c1Nc1ccccc1CC(=O)OCC#N. The lowest BCUT2D eigenvalue weighted by Crippen LogP contribution is -2.10. The van der Waals surface area contributed by atoms with Gasteiger partial charge in [0.25, 0.3) is 0 Å². The molecule has 0 saturated heterocycles. The van der Waals surface area contributed by atoms with E-state index in [1.165, 1.54) is 0 Å². The number of hydrogen-bond acceptors (Lipinski definition) is 4. The van der Waals surface area contributed by atoms with Gasteiger partial charge in [0.2, 0.25) is 0 Å². The van der Waals surface area contributed by atoms with Gasteiger partial charge in [0.05, 0.1) is 6.42 Å². The van der Waals surface area contributed by atoms with Crippen LogP contribution in [0.3, 0.4) is 0 Å². The van der Waals surface area contributed by atoms with Gasteiger partial charge in [0.15, 0.2) is 6.61 Å². The monoisotopic (exact) mass is 294 g/mol. The Kier molecular flexibility index (Phi) is 5.16. The summed E-state index contributed by atoms with van der Waals surface area (Å²) in [6, 6.07) is 15.5. The van der Waals surface area contributed by atoms with Crippen molar-refractivity contribution in [3.8, 4) is 6.07 Å². The quantitative estimate of drug-likeness (QED) is 0.855. The molecule has 4 heteroatoms. The third-order valence-corrected chi connectivity index (χ3v) is 3.39. The Balaban J connectivity index is 2.22. The highest BCUT2D eigenvalue weighted by atomic mass is 16.5. The van der Waals surface area contributed by atoms with Gasteiger partial charge in [-0.05, 0) is 36.6 Å². The molecule has 2 aromatic rings. The fraction of sp³-hybridized carbons (Fsp3) is 0.222. The summed E-state index contributed by atoms with van der Waals surface area (Å²) in [5.41, 5.74) is 5.03.